The van der Waals surface area contributed by atoms with Crippen LogP contribution in [0.4, 0.5) is 0 Å². The molecule has 0 spiro atoms. The van der Waals surface area contributed by atoms with Crippen LogP contribution in [-0.4, -0.2) is 19.2 Å². The molecule has 0 aliphatic carbocycles. The van der Waals surface area contributed by atoms with Gasteiger partial charge in [-0.3, -0.25) is 17.8 Å². The summed E-state index contributed by atoms with van der Waals surface area (Å²) in [6.07, 6.45) is 8.60. The summed E-state index contributed by atoms with van der Waals surface area (Å²) >= 11 is 5.36. The first kappa shape index (κ1) is 23.3. The summed E-state index contributed by atoms with van der Waals surface area (Å²) in [6, 6.07) is 8.16. The Hall–Kier alpha value is 0.345. The van der Waals surface area contributed by atoms with E-state index in [2.05, 4.69) is 34.7 Å². The van der Waals surface area contributed by atoms with Crippen molar-refractivity contribution in [3.05, 3.63) is 57.7 Å². The topological polar surface area (TPSA) is 43.5 Å². The fourth-order valence-electron chi connectivity index (χ4n) is 1.74. The standard InChI is InChI=1S/C17H22N2OS2.Rb/c1-4-15(10-7-8-13(2)17(20)19-21)22-16-11-6-5-9-14(16)12-18-3;/h4-9,11-13H,10H2,1-3H3,(H2,19,20,21);/q;+1/p-1/b8-7-,15-4+,18-12?;. The van der Waals surface area contributed by atoms with E-state index in [1.54, 1.807) is 18.8 Å². The zero-order chi connectivity index (χ0) is 16.4. The Bertz CT molecular complexity index is 586. The predicted molar refractivity (Wildman–Crippen MR) is 99.8 cm³/mol. The van der Waals surface area contributed by atoms with Gasteiger partial charge in [-0.1, -0.05) is 55.1 Å². The zero-order valence-electron chi connectivity index (χ0n) is 14.1. The number of hydrogen-bond donors (Lipinski definition) is 1. The average molecular weight is 419 g/mol. The summed E-state index contributed by atoms with van der Waals surface area (Å²) in [5.41, 5.74) is 1.11. The number of carbonyl (C=O) groups is 1. The van der Waals surface area contributed by atoms with Crippen LogP contribution in [0.1, 0.15) is 25.8 Å². The molecule has 0 saturated heterocycles. The van der Waals surface area contributed by atoms with Gasteiger partial charge < -0.3 is 9.52 Å². The van der Waals surface area contributed by atoms with Gasteiger partial charge in [0.05, 0.1) is 5.91 Å². The van der Waals surface area contributed by atoms with Crippen LogP contribution in [-0.2, 0) is 4.79 Å². The van der Waals surface area contributed by atoms with Gasteiger partial charge in [0.2, 0.25) is 0 Å². The molecule has 1 unspecified atom stereocenters. The summed E-state index contributed by atoms with van der Waals surface area (Å²) in [5, 5.41) is 0. The maximum atomic E-state index is 11.3. The number of carbonyl (C=O) groups excluding carboxylic acids is 1. The first-order valence-electron chi connectivity index (χ1n) is 7.02. The van der Waals surface area contributed by atoms with Gasteiger partial charge in [-0.15, -0.1) is 0 Å². The van der Waals surface area contributed by atoms with Crippen LogP contribution in [0.15, 0.2) is 57.3 Å². The van der Waals surface area contributed by atoms with E-state index in [4.69, 9.17) is 0 Å². The number of allylic oxidation sites excluding steroid dienone is 3. The molecule has 0 bridgehead atoms. The van der Waals surface area contributed by atoms with Gasteiger partial charge in [0.25, 0.3) is 0 Å². The van der Waals surface area contributed by atoms with E-state index < -0.39 is 0 Å². The van der Waals surface area contributed by atoms with Gasteiger partial charge in [-0.05, 0) is 24.3 Å². The van der Waals surface area contributed by atoms with Crippen molar-refractivity contribution in [1.82, 2.24) is 0 Å². The molecule has 3 nitrogen and oxygen atoms in total. The smallest absolute Gasteiger partial charge is 0.602 e. The Morgan fingerprint density at radius 2 is 2.13 bits per heavy atom. The Labute approximate surface area is 197 Å². The number of amides is 1. The molecule has 6 heteroatoms. The Morgan fingerprint density at radius 1 is 1.43 bits per heavy atom. The number of hydrogen-bond acceptors (Lipinski definition) is 4. The number of thiol groups is 1. The van der Waals surface area contributed by atoms with E-state index in [1.807, 2.05) is 50.4 Å². The van der Waals surface area contributed by atoms with Gasteiger partial charge in [-0.2, -0.15) is 0 Å². The molecule has 0 fully saturated rings. The Morgan fingerprint density at radius 3 is 2.74 bits per heavy atom. The van der Waals surface area contributed by atoms with E-state index in [-0.39, 0.29) is 70.0 Å². The van der Waals surface area contributed by atoms with Crippen LogP contribution in [0.5, 0.6) is 0 Å². The second-order valence-corrected chi connectivity index (χ2v) is 6.01. The van der Waals surface area contributed by atoms with Crippen LogP contribution in [0.25, 0.3) is 4.72 Å². The molecule has 1 atom stereocenters. The molecule has 23 heavy (non-hydrogen) atoms. The van der Waals surface area contributed by atoms with Gasteiger partial charge >= 0.3 is 58.2 Å². The molecular weight excluding hydrogens is 398 g/mol. The number of benzene rings is 1. The van der Waals surface area contributed by atoms with Crippen molar-refractivity contribution < 1.29 is 63.0 Å². The Balaban J connectivity index is 0.00000484. The summed E-state index contributed by atoms with van der Waals surface area (Å²) in [5.74, 6) is -0.459. The normalized spacial score (nSPS) is 13.1. The molecular formula is C17H21N2ORbS2. The van der Waals surface area contributed by atoms with Crippen molar-refractivity contribution in [2.75, 3.05) is 7.05 Å². The quantitative estimate of drug-likeness (QED) is 0.319. The van der Waals surface area contributed by atoms with Crippen LogP contribution in [0.3, 0.4) is 0 Å². The molecule has 1 aromatic carbocycles. The third kappa shape index (κ3) is 8.84. The van der Waals surface area contributed by atoms with Crippen molar-refractivity contribution in [1.29, 1.82) is 0 Å². The number of nitrogens with zero attached hydrogens (tertiary/aromatic N) is 2. The fourth-order valence-corrected chi connectivity index (χ4v) is 2.89. The minimum atomic E-state index is -0.236. The maximum Gasteiger partial charge on any atom is 1.00 e. The molecule has 0 saturated carbocycles. The predicted octanol–water partition coefficient (Wildman–Crippen LogP) is 2.06. The minimum Gasteiger partial charge on any atom is -0.602 e. The molecule has 0 aromatic heterocycles. The maximum absolute atomic E-state index is 11.3. The summed E-state index contributed by atoms with van der Waals surface area (Å²) < 4.78 is 3.38. The molecule has 0 radical (unpaired) electrons. The fraction of sp³-hybridized carbons (Fsp3) is 0.294. The van der Waals surface area contributed by atoms with Gasteiger partial charge in [0, 0.05) is 29.6 Å². The molecule has 0 aliphatic heterocycles. The SMILES string of the molecule is C/C=C(\C/C=C\C(C)C(=O)[N-]S)Sc1ccccc1C=NC.[Rb+]. The first-order chi connectivity index (χ1) is 10.6. The molecule has 1 aromatic rings. The molecule has 1 amide bonds. The Kier molecular flexibility index (Phi) is 13.8. The van der Waals surface area contributed by atoms with Crippen molar-refractivity contribution in [2.24, 2.45) is 10.9 Å². The summed E-state index contributed by atoms with van der Waals surface area (Å²) in [6.45, 7) is 3.83. The van der Waals surface area contributed by atoms with Crippen molar-refractivity contribution >= 4 is 36.7 Å². The van der Waals surface area contributed by atoms with Crippen LogP contribution >= 0.6 is 24.6 Å². The van der Waals surface area contributed by atoms with E-state index in [0.717, 1.165) is 12.0 Å². The zero-order valence-corrected chi connectivity index (χ0v) is 20.7. The third-order valence-electron chi connectivity index (χ3n) is 2.98. The largest absolute Gasteiger partial charge is 1.00 e. The van der Waals surface area contributed by atoms with Gasteiger partial charge in [0.1, 0.15) is 0 Å². The van der Waals surface area contributed by atoms with E-state index in [1.165, 1.54) is 9.80 Å². The molecule has 0 aliphatic rings. The van der Waals surface area contributed by atoms with Crippen LogP contribution in [0.2, 0.25) is 0 Å². The molecule has 0 N–H and O–H groups in total. The minimum absolute atomic E-state index is 0. The molecule has 1 rings (SSSR count). The number of thioether (sulfide) groups is 1. The van der Waals surface area contributed by atoms with Gasteiger partial charge in [0.15, 0.2) is 0 Å². The third-order valence-corrected chi connectivity index (χ3v) is 4.44. The second-order valence-electron chi connectivity index (χ2n) is 4.64. The van der Waals surface area contributed by atoms with Crippen molar-refractivity contribution in [3.8, 4) is 0 Å². The van der Waals surface area contributed by atoms with E-state index in [9.17, 15) is 4.79 Å². The van der Waals surface area contributed by atoms with E-state index in [0.29, 0.717) is 0 Å². The van der Waals surface area contributed by atoms with Crippen LogP contribution < -0.4 is 58.2 Å². The average Bonchev–Trinajstić information content (AvgIpc) is 2.54. The first-order valence-corrected chi connectivity index (χ1v) is 8.23. The van der Waals surface area contributed by atoms with Crippen molar-refractivity contribution in [3.63, 3.8) is 0 Å². The number of aliphatic imine (C=N–C) groups is 1. The van der Waals surface area contributed by atoms with Crippen molar-refractivity contribution in [2.45, 2.75) is 25.2 Å². The van der Waals surface area contributed by atoms with E-state index >= 15 is 0 Å². The van der Waals surface area contributed by atoms with Gasteiger partial charge in [-0.25, -0.2) is 0 Å². The van der Waals surface area contributed by atoms with Crippen LogP contribution in [0, 0.1) is 5.92 Å². The molecule has 0 heterocycles. The monoisotopic (exact) mass is 418 g/mol. The second kappa shape index (κ2) is 13.6. The number of rotatable bonds is 7. The molecule has 118 valence electrons. The summed E-state index contributed by atoms with van der Waals surface area (Å²) in [7, 11) is 1.77. The summed E-state index contributed by atoms with van der Waals surface area (Å²) in [4.78, 5) is 17.8.